The van der Waals surface area contributed by atoms with Crippen LogP contribution in [-0.2, 0) is 4.79 Å². The lowest BCUT2D eigenvalue weighted by Gasteiger charge is -2.37. The molecule has 0 aromatic carbocycles. The number of carboxylic acid groups (broad SMARTS) is 1. The molecule has 1 saturated carbocycles. The summed E-state index contributed by atoms with van der Waals surface area (Å²) in [7, 11) is 0. The van der Waals surface area contributed by atoms with E-state index in [0.29, 0.717) is 0 Å². The maximum Gasteiger partial charge on any atom is 0.326 e. The molecule has 0 saturated heterocycles. The molecular weight excluding hydrogens is 124 g/mol. The summed E-state index contributed by atoms with van der Waals surface area (Å²) >= 11 is 0. The first kappa shape index (κ1) is 6.48. The highest BCUT2D eigenvalue weighted by molar-refractivity contribution is 5.80. The van der Waals surface area contributed by atoms with Crippen LogP contribution in [0.25, 0.3) is 0 Å². The molecule has 0 amide bonds. The van der Waals surface area contributed by atoms with Gasteiger partial charge in [0.1, 0.15) is 11.7 Å². The van der Waals surface area contributed by atoms with Gasteiger partial charge in [0.2, 0.25) is 0 Å². The monoisotopic (exact) mass is 132 g/mol. The first-order chi connectivity index (χ1) is 4.07. The molecule has 9 heavy (non-hydrogen) atoms. The Morgan fingerprint density at radius 3 is 2.44 bits per heavy atom. The van der Waals surface area contributed by atoms with Gasteiger partial charge in [-0.3, -0.25) is 4.79 Å². The third kappa shape index (κ3) is 0.702. The summed E-state index contributed by atoms with van der Waals surface area (Å²) in [4.78, 5) is 10.1. The molecule has 0 radical (unpaired) electrons. The van der Waals surface area contributed by atoms with Crippen molar-refractivity contribution in [2.45, 2.75) is 24.6 Å². The van der Waals surface area contributed by atoms with Crippen LogP contribution in [0, 0.1) is 0 Å². The second kappa shape index (κ2) is 1.67. The number of hydrogen-bond donors (Lipinski definition) is 2. The van der Waals surface area contributed by atoms with Crippen molar-refractivity contribution in [1.29, 1.82) is 0 Å². The van der Waals surface area contributed by atoms with E-state index in [1.807, 2.05) is 0 Å². The average molecular weight is 132 g/mol. The van der Waals surface area contributed by atoms with E-state index >= 15 is 0 Å². The summed E-state index contributed by atoms with van der Waals surface area (Å²) in [6.07, 6.45) is -0.818. The van der Waals surface area contributed by atoms with Crippen molar-refractivity contribution in [2.75, 3.05) is 0 Å². The van der Waals surface area contributed by atoms with Crippen molar-refractivity contribution in [3.05, 3.63) is 0 Å². The van der Waals surface area contributed by atoms with Crippen molar-refractivity contribution in [1.82, 2.24) is 0 Å². The van der Waals surface area contributed by atoms with Gasteiger partial charge in [0, 0.05) is 0 Å². The lowest BCUT2D eigenvalue weighted by atomic mass is 9.75. The van der Waals surface area contributed by atoms with Gasteiger partial charge < -0.3 is 10.8 Å². The van der Waals surface area contributed by atoms with Crippen LogP contribution in [0.4, 0.5) is 4.39 Å². The lowest BCUT2D eigenvalue weighted by Crippen LogP contribution is -2.62. The second-order valence-electron chi connectivity index (χ2n) is 2.35. The topological polar surface area (TPSA) is 63.3 Å². The Morgan fingerprint density at radius 1 is 1.89 bits per heavy atom. The van der Waals surface area contributed by atoms with Gasteiger partial charge in [-0.15, -0.1) is 0 Å². The van der Waals surface area contributed by atoms with Crippen molar-refractivity contribution >= 4 is 5.97 Å². The fraction of sp³-hybridized carbons (Fsp3) is 0.800. The standard InChI is InChI=1S/C5H8FNO2/c6-3-1-2-5(3,7)4(8)9/h3H,1-2,7H2,(H,8,9)/t3-,5-/m0/s1/i6-1. The van der Waals surface area contributed by atoms with E-state index in [9.17, 15) is 9.18 Å². The normalized spacial score (nSPS) is 41.8. The summed E-state index contributed by atoms with van der Waals surface area (Å²) in [5.41, 5.74) is 3.55. The predicted octanol–water partition coefficient (Wildman–Crippen LogP) is -0.0996. The second-order valence-corrected chi connectivity index (χ2v) is 2.35. The van der Waals surface area contributed by atoms with E-state index in [-0.39, 0.29) is 12.8 Å². The van der Waals surface area contributed by atoms with E-state index in [0.717, 1.165) is 0 Å². The van der Waals surface area contributed by atoms with Crippen LogP contribution in [0.2, 0.25) is 0 Å². The van der Waals surface area contributed by atoms with Crippen LogP contribution in [0.5, 0.6) is 0 Å². The zero-order valence-corrected chi connectivity index (χ0v) is 4.80. The molecule has 0 unspecified atom stereocenters. The van der Waals surface area contributed by atoms with Crippen molar-refractivity contribution in [3.63, 3.8) is 0 Å². The highest BCUT2D eigenvalue weighted by atomic mass is 18.2. The maximum absolute atomic E-state index is 12.3. The van der Waals surface area contributed by atoms with Crippen LogP contribution in [0.1, 0.15) is 12.8 Å². The van der Waals surface area contributed by atoms with Gasteiger partial charge in [-0.1, -0.05) is 0 Å². The number of alkyl halides is 1. The lowest BCUT2D eigenvalue weighted by molar-refractivity contribution is -0.151. The Balaban J connectivity index is 2.64. The molecule has 0 heterocycles. The van der Waals surface area contributed by atoms with Crippen molar-refractivity contribution in [2.24, 2.45) is 5.73 Å². The summed E-state index contributed by atoms with van der Waals surface area (Å²) in [6.45, 7) is 0. The Morgan fingerprint density at radius 2 is 2.44 bits per heavy atom. The summed E-state index contributed by atoms with van der Waals surface area (Å²) < 4.78 is 12.3. The molecule has 1 aliphatic rings. The minimum atomic E-state index is -1.57. The highest BCUT2D eigenvalue weighted by Crippen LogP contribution is 2.32. The van der Waals surface area contributed by atoms with Gasteiger partial charge in [-0.2, -0.15) is 0 Å². The quantitative estimate of drug-likeness (QED) is 0.523. The van der Waals surface area contributed by atoms with Gasteiger partial charge >= 0.3 is 5.97 Å². The molecule has 0 bridgehead atoms. The van der Waals surface area contributed by atoms with Crippen LogP contribution < -0.4 is 5.73 Å². The van der Waals surface area contributed by atoms with E-state index < -0.39 is 17.7 Å². The van der Waals surface area contributed by atoms with E-state index in [1.54, 1.807) is 0 Å². The number of carboxylic acids is 1. The van der Waals surface area contributed by atoms with Crippen LogP contribution in [0.15, 0.2) is 0 Å². The van der Waals surface area contributed by atoms with Gasteiger partial charge in [0.15, 0.2) is 0 Å². The Kier molecular flexibility index (Phi) is 1.20. The fourth-order valence-corrected chi connectivity index (χ4v) is 0.805. The number of aliphatic carboxylic acids is 1. The Bertz CT molecular complexity index is 150. The smallest absolute Gasteiger partial charge is 0.326 e. The fourth-order valence-electron chi connectivity index (χ4n) is 0.805. The largest absolute Gasteiger partial charge is 0.480 e. The van der Waals surface area contributed by atoms with Crippen molar-refractivity contribution in [3.8, 4) is 0 Å². The number of hydrogen-bond acceptors (Lipinski definition) is 2. The molecule has 0 aromatic rings. The zero-order valence-electron chi connectivity index (χ0n) is 4.80. The molecule has 3 nitrogen and oxygen atoms in total. The third-order valence-corrected chi connectivity index (χ3v) is 1.77. The summed E-state index contributed by atoms with van der Waals surface area (Å²) in [5, 5.41) is 8.30. The molecular formula is C5H8FNO2. The third-order valence-electron chi connectivity index (χ3n) is 1.77. The van der Waals surface area contributed by atoms with Crippen LogP contribution in [-0.4, -0.2) is 22.8 Å². The minimum absolute atomic E-state index is 0.253. The van der Waals surface area contributed by atoms with Gasteiger partial charge in [0.05, 0.1) is 0 Å². The summed E-state index contributed by atoms with van der Waals surface area (Å²) in [5.74, 6) is -1.23. The molecule has 1 fully saturated rings. The van der Waals surface area contributed by atoms with Gasteiger partial charge in [-0.05, 0) is 12.8 Å². The van der Waals surface area contributed by atoms with Crippen molar-refractivity contribution < 1.29 is 14.3 Å². The molecule has 0 aliphatic heterocycles. The zero-order chi connectivity index (χ0) is 7.07. The number of halogens is 1. The first-order valence-corrected chi connectivity index (χ1v) is 2.74. The van der Waals surface area contributed by atoms with E-state index in [1.165, 1.54) is 0 Å². The SMILES string of the molecule is N[C@@]1(C(=O)O)CC[C@@H]1[18F]. The summed E-state index contributed by atoms with van der Waals surface area (Å²) in [6, 6.07) is 0. The first-order valence-electron chi connectivity index (χ1n) is 2.74. The molecule has 0 spiro atoms. The molecule has 0 aromatic heterocycles. The van der Waals surface area contributed by atoms with E-state index in [2.05, 4.69) is 0 Å². The highest BCUT2D eigenvalue weighted by Gasteiger charge is 2.50. The molecule has 1 aliphatic carbocycles. The number of carbonyl (C=O) groups is 1. The molecule has 52 valence electrons. The average Bonchev–Trinajstić information content (AvgIpc) is 1.82. The van der Waals surface area contributed by atoms with Crippen LogP contribution >= 0.6 is 0 Å². The number of rotatable bonds is 1. The van der Waals surface area contributed by atoms with E-state index in [4.69, 9.17) is 10.8 Å². The maximum atomic E-state index is 12.3. The Labute approximate surface area is 51.7 Å². The predicted molar refractivity (Wildman–Crippen MR) is 28.7 cm³/mol. The molecule has 4 heteroatoms. The van der Waals surface area contributed by atoms with Gasteiger partial charge in [-0.25, -0.2) is 4.39 Å². The Hall–Kier alpha value is -0.640. The number of nitrogens with two attached hydrogens (primary N) is 1. The minimum Gasteiger partial charge on any atom is -0.480 e. The van der Waals surface area contributed by atoms with Crippen LogP contribution in [0.3, 0.4) is 0 Å². The molecule has 2 atom stereocenters. The molecule has 1 rings (SSSR count). The van der Waals surface area contributed by atoms with Gasteiger partial charge in [0.25, 0.3) is 0 Å². The molecule has 3 N–H and O–H groups in total.